The van der Waals surface area contributed by atoms with Crippen LogP contribution >= 0.6 is 11.6 Å². The van der Waals surface area contributed by atoms with E-state index < -0.39 is 0 Å². The van der Waals surface area contributed by atoms with Gasteiger partial charge >= 0.3 is 0 Å². The first-order valence-corrected chi connectivity index (χ1v) is 5.68. The molecule has 14 heavy (non-hydrogen) atoms. The molecule has 0 aliphatic heterocycles. The van der Waals surface area contributed by atoms with Crippen LogP contribution in [0, 0.1) is 5.92 Å². The summed E-state index contributed by atoms with van der Waals surface area (Å²) in [5, 5.41) is 2.83. The molecule has 84 valence electrons. The average molecular weight is 222 g/mol. The Morgan fingerprint density at radius 3 is 2.71 bits per heavy atom. The zero-order chi connectivity index (χ0) is 10.8. The van der Waals surface area contributed by atoms with Gasteiger partial charge < -0.3 is 10.1 Å². The first-order chi connectivity index (χ1) is 6.74. The monoisotopic (exact) mass is 221 g/mol. The van der Waals surface area contributed by atoms with Crippen LogP contribution in [0.3, 0.4) is 0 Å². The highest BCUT2D eigenvalue weighted by Gasteiger charge is 2.07. The van der Waals surface area contributed by atoms with Crippen LogP contribution in [0.5, 0.6) is 0 Å². The normalized spacial score (nSPS) is 12.5. The third-order valence-electron chi connectivity index (χ3n) is 2.12. The van der Waals surface area contributed by atoms with Gasteiger partial charge in [0.1, 0.15) is 6.61 Å². The third kappa shape index (κ3) is 7.15. The second kappa shape index (κ2) is 9.28. The standard InChI is InChI=1S/C10H20ClNO2/c1-3-9(5-6-11)7-12-10(13)8-14-4-2/h9H,3-8H2,1-2H3,(H,12,13). The lowest BCUT2D eigenvalue weighted by atomic mass is 10.0. The van der Waals surface area contributed by atoms with Gasteiger partial charge in [-0.05, 0) is 19.3 Å². The van der Waals surface area contributed by atoms with Crippen molar-refractivity contribution in [2.24, 2.45) is 5.92 Å². The molecule has 0 aromatic carbocycles. The van der Waals surface area contributed by atoms with E-state index in [1.165, 1.54) is 0 Å². The molecule has 4 heteroatoms. The maximum absolute atomic E-state index is 11.2. The van der Waals surface area contributed by atoms with Gasteiger partial charge in [0, 0.05) is 19.0 Å². The van der Waals surface area contributed by atoms with E-state index in [1.54, 1.807) is 0 Å². The lowest BCUT2D eigenvalue weighted by molar-refractivity contribution is -0.125. The quantitative estimate of drug-likeness (QED) is 0.635. The molecule has 3 nitrogen and oxygen atoms in total. The molecule has 0 aliphatic carbocycles. The number of hydrogen-bond acceptors (Lipinski definition) is 2. The van der Waals surface area contributed by atoms with E-state index in [9.17, 15) is 4.79 Å². The number of nitrogens with one attached hydrogen (secondary N) is 1. The van der Waals surface area contributed by atoms with Crippen molar-refractivity contribution < 1.29 is 9.53 Å². The Bertz CT molecular complexity index is 153. The summed E-state index contributed by atoms with van der Waals surface area (Å²) < 4.78 is 4.98. The van der Waals surface area contributed by atoms with Crippen LogP contribution in [-0.4, -0.2) is 31.5 Å². The van der Waals surface area contributed by atoms with Crippen molar-refractivity contribution in [1.82, 2.24) is 5.32 Å². The first-order valence-electron chi connectivity index (χ1n) is 5.14. The highest BCUT2D eigenvalue weighted by molar-refractivity contribution is 6.17. The molecular weight excluding hydrogens is 202 g/mol. The van der Waals surface area contributed by atoms with Gasteiger partial charge in [-0.15, -0.1) is 11.6 Å². The van der Waals surface area contributed by atoms with Crippen LogP contribution in [0.4, 0.5) is 0 Å². The summed E-state index contributed by atoms with van der Waals surface area (Å²) in [6, 6.07) is 0. The minimum absolute atomic E-state index is 0.0418. The number of carbonyl (C=O) groups is 1. The van der Waals surface area contributed by atoms with Crippen LogP contribution in [0.2, 0.25) is 0 Å². The Hall–Kier alpha value is -0.280. The van der Waals surface area contributed by atoms with Crippen molar-refractivity contribution in [1.29, 1.82) is 0 Å². The fourth-order valence-electron chi connectivity index (χ4n) is 1.11. The van der Waals surface area contributed by atoms with E-state index in [2.05, 4.69) is 12.2 Å². The zero-order valence-corrected chi connectivity index (χ0v) is 9.77. The molecule has 1 unspecified atom stereocenters. The van der Waals surface area contributed by atoms with Gasteiger partial charge in [-0.1, -0.05) is 13.3 Å². The molecule has 0 heterocycles. The minimum Gasteiger partial charge on any atom is -0.372 e. The number of hydrogen-bond donors (Lipinski definition) is 1. The second-order valence-electron chi connectivity index (χ2n) is 3.19. The first kappa shape index (κ1) is 13.7. The van der Waals surface area contributed by atoms with Crippen molar-refractivity contribution in [3.63, 3.8) is 0 Å². The summed E-state index contributed by atoms with van der Waals surface area (Å²) in [5.74, 6) is 1.10. The highest BCUT2D eigenvalue weighted by Crippen LogP contribution is 2.07. The number of ether oxygens (including phenoxy) is 1. The fourth-order valence-corrected chi connectivity index (χ4v) is 1.42. The lowest BCUT2D eigenvalue weighted by Crippen LogP contribution is -2.32. The van der Waals surface area contributed by atoms with Crippen molar-refractivity contribution in [3.8, 4) is 0 Å². The predicted molar refractivity (Wildman–Crippen MR) is 58.6 cm³/mol. The summed E-state index contributed by atoms with van der Waals surface area (Å²) in [5.41, 5.74) is 0. The molecule has 0 saturated carbocycles. The van der Waals surface area contributed by atoms with E-state index in [1.807, 2.05) is 6.92 Å². The van der Waals surface area contributed by atoms with Crippen molar-refractivity contribution >= 4 is 17.5 Å². The number of halogens is 1. The zero-order valence-electron chi connectivity index (χ0n) is 9.01. The highest BCUT2D eigenvalue weighted by atomic mass is 35.5. The molecule has 0 fully saturated rings. The Kier molecular flexibility index (Phi) is 9.10. The van der Waals surface area contributed by atoms with Gasteiger partial charge in [0.05, 0.1) is 0 Å². The topological polar surface area (TPSA) is 38.3 Å². The molecule has 0 radical (unpaired) electrons. The van der Waals surface area contributed by atoms with Crippen LogP contribution < -0.4 is 5.32 Å². The van der Waals surface area contributed by atoms with Crippen molar-refractivity contribution in [3.05, 3.63) is 0 Å². The molecular formula is C10H20ClNO2. The Morgan fingerprint density at radius 1 is 1.50 bits per heavy atom. The van der Waals surface area contributed by atoms with E-state index in [0.29, 0.717) is 24.9 Å². The van der Waals surface area contributed by atoms with Crippen LogP contribution in [0.1, 0.15) is 26.7 Å². The Labute approximate surface area is 91.2 Å². The maximum atomic E-state index is 11.2. The summed E-state index contributed by atoms with van der Waals surface area (Å²) in [6.45, 7) is 5.41. The molecule has 0 rings (SSSR count). The molecule has 0 saturated heterocycles. The van der Waals surface area contributed by atoms with E-state index in [0.717, 1.165) is 12.8 Å². The molecule has 1 N–H and O–H groups in total. The van der Waals surface area contributed by atoms with Crippen LogP contribution in [0.25, 0.3) is 0 Å². The third-order valence-corrected chi connectivity index (χ3v) is 2.34. The Morgan fingerprint density at radius 2 is 2.21 bits per heavy atom. The van der Waals surface area contributed by atoms with Crippen molar-refractivity contribution in [2.45, 2.75) is 26.7 Å². The molecule has 1 amide bonds. The van der Waals surface area contributed by atoms with Gasteiger partial charge in [0.15, 0.2) is 0 Å². The molecule has 0 aliphatic rings. The summed E-state index contributed by atoms with van der Waals surface area (Å²) in [4.78, 5) is 11.2. The van der Waals surface area contributed by atoms with E-state index in [4.69, 9.17) is 16.3 Å². The number of amides is 1. The van der Waals surface area contributed by atoms with Crippen LogP contribution in [0.15, 0.2) is 0 Å². The summed E-state index contributed by atoms with van der Waals surface area (Å²) in [7, 11) is 0. The van der Waals surface area contributed by atoms with E-state index in [-0.39, 0.29) is 12.5 Å². The van der Waals surface area contributed by atoms with Gasteiger partial charge in [-0.25, -0.2) is 0 Å². The molecule has 0 spiro atoms. The number of rotatable bonds is 8. The summed E-state index contributed by atoms with van der Waals surface area (Å²) >= 11 is 5.64. The minimum atomic E-state index is -0.0418. The smallest absolute Gasteiger partial charge is 0.246 e. The van der Waals surface area contributed by atoms with Crippen molar-refractivity contribution in [2.75, 3.05) is 25.6 Å². The molecule has 0 bridgehead atoms. The van der Waals surface area contributed by atoms with Gasteiger partial charge in [0.2, 0.25) is 5.91 Å². The SMILES string of the molecule is CCOCC(=O)NCC(CC)CCCl. The largest absolute Gasteiger partial charge is 0.372 e. The second-order valence-corrected chi connectivity index (χ2v) is 3.57. The van der Waals surface area contributed by atoms with E-state index >= 15 is 0 Å². The molecule has 0 aromatic heterocycles. The maximum Gasteiger partial charge on any atom is 0.246 e. The summed E-state index contributed by atoms with van der Waals surface area (Å²) in [6.07, 6.45) is 1.99. The van der Waals surface area contributed by atoms with Crippen LogP contribution in [-0.2, 0) is 9.53 Å². The lowest BCUT2D eigenvalue weighted by Gasteiger charge is -2.13. The number of alkyl halides is 1. The Balaban J connectivity index is 3.52. The number of carbonyl (C=O) groups excluding carboxylic acids is 1. The van der Waals surface area contributed by atoms with Gasteiger partial charge in [0.25, 0.3) is 0 Å². The fraction of sp³-hybridized carbons (Fsp3) is 0.900. The van der Waals surface area contributed by atoms with Gasteiger partial charge in [-0.3, -0.25) is 4.79 Å². The molecule has 1 atom stereocenters. The van der Waals surface area contributed by atoms with Gasteiger partial charge in [-0.2, -0.15) is 0 Å². The predicted octanol–water partition coefficient (Wildman–Crippen LogP) is 1.79. The average Bonchev–Trinajstić information content (AvgIpc) is 2.21. The molecule has 0 aromatic rings.